The van der Waals surface area contributed by atoms with Crippen LogP contribution in [0.1, 0.15) is 23.6 Å². The molecule has 1 amide bonds. The quantitative estimate of drug-likeness (QED) is 0.653. The fourth-order valence-electron chi connectivity index (χ4n) is 2.70. The molecule has 0 saturated heterocycles. The van der Waals surface area contributed by atoms with Crippen molar-refractivity contribution in [3.05, 3.63) is 65.4 Å². The first-order chi connectivity index (χ1) is 12.9. The molecule has 6 nitrogen and oxygen atoms in total. The number of phenolic OH excluding ortho intramolecular Hbond substituents is 1. The molecular formula is C21H21NO5. The van der Waals surface area contributed by atoms with Gasteiger partial charge in [0.05, 0.1) is 12.7 Å². The molecule has 0 aliphatic carbocycles. The van der Waals surface area contributed by atoms with Crippen molar-refractivity contribution in [1.29, 1.82) is 0 Å². The summed E-state index contributed by atoms with van der Waals surface area (Å²) in [5, 5.41) is 12.9. The van der Waals surface area contributed by atoms with Gasteiger partial charge in [-0.05, 0) is 31.5 Å². The molecule has 140 valence electrons. The molecule has 2 N–H and O–H groups in total. The maximum absolute atomic E-state index is 12.2. The number of esters is 1. The van der Waals surface area contributed by atoms with Crippen LogP contribution in [0.5, 0.6) is 5.75 Å². The number of nitrogens with one attached hydrogen (secondary N) is 1. The number of furan rings is 1. The molecule has 2 aromatic carbocycles. The van der Waals surface area contributed by atoms with Gasteiger partial charge in [-0.25, -0.2) is 0 Å². The smallest absolute Gasteiger partial charge is 0.311 e. The molecule has 1 heterocycles. The van der Waals surface area contributed by atoms with E-state index in [-0.39, 0.29) is 18.1 Å². The van der Waals surface area contributed by atoms with E-state index < -0.39 is 12.1 Å². The molecule has 3 aromatic rings. The third-order valence-corrected chi connectivity index (χ3v) is 4.24. The molecule has 6 heteroatoms. The standard InChI is InChI=1S/C21H21NO5/c1-13-3-5-15(6-4-13)11-22-21(25)14(2)27-20(24)9-16-12-26-19-10-17(23)7-8-18(16)19/h3-8,10,12,14,23H,9,11H2,1-2H3,(H,22,25)/t14-/m1/s1. The predicted octanol–water partition coefficient (Wildman–Crippen LogP) is 3.24. The number of carbonyl (C=O) groups is 2. The molecule has 0 saturated carbocycles. The lowest BCUT2D eigenvalue weighted by Crippen LogP contribution is -2.35. The van der Waals surface area contributed by atoms with E-state index in [1.54, 1.807) is 6.07 Å². The third-order valence-electron chi connectivity index (χ3n) is 4.24. The fourth-order valence-corrected chi connectivity index (χ4v) is 2.70. The minimum atomic E-state index is -0.898. The summed E-state index contributed by atoms with van der Waals surface area (Å²) in [6.45, 7) is 3.90. The molecule has 3 rings (SSSR count). The summed E-state index contributed by atoms with van der Waals surface area (Å²) in [4.78, 5) is 24.3. The van der Waals surface area contributed by atoms with E-state index in [4.69, 9.17) is 9.15 Å². The molecule has 0 fully saturated rings. The molecule has 0 aliphatic rings. The molecule has 0 spiro atoms. The Hall–Kier alpha value is -3.28. The van der Waals surface area contributed by atoms with Gasteiger partial charge in [0.1, 0.15) is 11.3 Å². The number of phenols is 1. The van der Waals surface area contributed by atoms with Gasteiger partial charge in [0.25, 0.3) is 5.91 Å². The summed E-state index contributed by atoms with van der Waals surface area (Å²) in [5.41, 5.74) is 3.25. The second-order valence-corrected chi connectivity index (χ2v) is 6.45. The van der Waals surface area contributed by atoms with Gasteiger partial charge in [-0.2, -0.15) is 0 Å². The van der Waals surface area contributed by atoms with Gasteiger partial charge in [0.2, 0.25) is 0 Å². The van der Waals surface area contributed by atoms with Crippen molar-refractivity contribution in [1.82, 2.24) is 5.32 Å². The van der Waals surface area contributed by atoms with E-state index in [2.05, 4.69) is 5.32 Å². The molecule has 0 unspecified atom stereocenters. The normalized spacial score (nSPS) is 11.9. The van der Waals surface area contributed by atoms with Crippen molar-refractivity contribution >= 4 is 22.8 Å². The van der Waals surface area contributed by atoms with Gasteiger partial charge in [-0.1, -0.05) is 29.8 Å². The number of fused-ring (bicyclic) bond motifs is 1. The summed E-state index contributed by atoms with van der Waals surface area (Å²) in [5.74, 6) is -0.792. The van der Waals surface area contributed by atoms with Crippen LogP contribution in [-0.2, 0) is 27.3 Å². The van der Waals surface area contributed by atoms with Crippen LogP contribution >= 0.6 is 0 Å². The van der Waals surface area contributed by atoms with Crippen molar-refractivity contribution < 1.29 is 23.8 Å². The molecule has 27 heavy (non-hydrogen) atoms. The largest absolute Gasteiger partial charge is 0.508 e. The highest BCUT2D eigenvalue weighted by Crippen LogP contribution is 2.25. The van der Waals surface area contributed by atoms with Gasteiger partial charge in [0.15, 0.2) is 6.10 Å². The third kappa shape index (κ3) is 4.67. The molecule has 1 atom stereocenters. The number of carbonyl (C=O) groups excluding carboxylic acids is 2. The molecule has 0 bridgehead atoms. The SMILES string of the molecule is Cc1ccc(CNC(=O)[C@@H](C)OC(=O)Cc2coc3cc(O)ccc23)cc1. The zero-order valence-corrected chi connectivity index (χ0v) is 15.2. The van der Waals surface area contributed by atoms with E-state index in [0.717, 1.165) is 16.5 Å². The monoisotopic (exact) mass is 367 g/mol. The Kier molecular flexibility index (Phi) is 5.45. The van der Waals surface area contributed by atoms with Crippen molar-refractivity contribution in [2.75, 3.05) is 0 Å². The van der Waals surface area contributed by atoms with Crippen LogP contribution in [0.3, 0.4) is 0 Å². The lowest BCUT2D eigenvalue weighted by molar-refractivity contribution is -0.154. The number of amides is 1. The lowest BCUT2D eigenvalue weighted by atomic mass is 10.1. The molecule has 0 aliphatic heterocycles. The Balaban J connectivity index is 1.53. The second-order valence-electron chi connectivity index (χ2n) is 6.45. The number of hydrogen-bond acceptors (Lipinski definition) is 5. The lowest BCUT2D eigenvalue weighted by Gasteiger charge is -2.13. The number of benzene rings is 2. The Labute approximate surface area is 156 Å². The van der Waals surface area contributed by atoms with Crippen LogP contribution in [0.15, 0.2) is 53.1 Å². The highest BCUT2D eigenvalue weighted by atomic mass is 16.5. The minimum absolute atomic E-state index is 0.0205. The Morgan fingerprint density at radius 2 is 1.93 bits per heavy atom. The van der Waals surface area contributed by atoms with Crippen molar-refractivity contribution in [3.8, 4) is 5.75 Å². The number of aromatic hydroxyl groups is 1. The van der Waals surface area contributed by atoms with Gasteiger partial charge >= 0.3 is 5.97 Å². The maximum Gasteiger partial charge on any atom is 0.311 e. The number of aryl methyl sites for hydroxylation is 1. The van der Waals surface area contributed by atoms with Crippen LogP contribution in [-0.4, -0.2) is 23.1 Å². The first-order valence-electron chi connectivity index (χ1n) is 8.64. The van der Waals surface area contributed by atoms with Gasteiger partial charge in [-0.3, -0.25) is 9.59 Å². The van der Waals surface area contributed by atoms with Crippen LogP contribution < -0.4 is 5.32 Å². The summed E-state index contributed by atoms with van der Waals surface area (Å²) < 4.78 is 10.6. The summed E-state index contributed by atoms with van der Waals surface area (Å²) in [6, 6.07) is 12.5. The van der Waals surface area contributed by atoms with E-state index >= 15 is 0 Å². The number of rotatable bonds is 6. The zero-order valence-electron chi connectivity index (χ0n) is 15.2. The van der Waals surface area contributed by atoms with Gasteiger partial charge in [0, 0.05) is 23.6 Å². The maximum atomic E-state index is 12.2. The van der Waals surface area contributed by atoms with Crippen LogP contribution in [0.2, 0.25) is 0 Å². The number of hydrogen-bond donors (Lipinski definition) is 2. The first-order valence-corrected chi connectivity index (χ1v) is 8.64. The Morgan fingerprint density at radius 3 is 2.67 bits per heavy atom. The highest BCUT2D eigenvalue weighted by Gasteiger charge is 2.19. The topological polar surface area (TPSA) is 88.8 Å². The van der Waals surface area contributed by atoms with E-state index in [1.807, 2.05) is 31.2 Å². The van der Waals surface area contributed by atoms with Crippen molar-refractivity contribution in [3.63, 3.8) is 0 Å². The van der Waals surface area contributed by atoms with Crippen molar-refractivity contribution in [2.24, 2.45) is 0 Å². The average Bonchev–Trinajstić information content (AvgIpc) is 3.02. The minimum Gasteiger partial charge on any atom is -0.508 e. The van der Waals surface area contributed by atoms with Gasteiger partial charge < -0.3 is 19.6 Å². The van der Waals surface area contributed by atoms with E-state index in [9.17, 15) is 14.7 Å². The zero-order chi connectivity index (χ0) is 19.4. The fraction of sp³-hybridized carbons (Fsp3) is 0.238. The highest BCUT2D eigenvalue weighted by molar-refractivity contribution is 5.88. The molecule has 1 aromatic heterocycles. The summed E-state index contributed by atoms with van der Waals surface area (Å²) in [6.07, 6.45) is 0.533. The second kappa shape index (κ2) is 7.95. The Bertz CT molecular complexity index is 958. The predicted molar refractivity (Wildman–Crippen MR) is 100 cm³/mol. The van der Waals surface area contributed by atoms with Crippen molar-refractivity contribution in [2.45, 2.75) is 32.9 Å². The van der Waals surface area contributed by atoms with Crippen LogP contribution in [0.4, 0.5) is 0 Å². The summed E-state index contributed by atoms with van der Waals surface area (Å²) >= 11 is 0. The first kappa shape index (κ1) is 18.5. The molecular weight excluding hydrogens is 346 g/mol. The summed E-state index contributed by atoms with van der Waals surface area (Å²) in [7, 11) is 0. The van der Waals surface area contributed by atoms with Gasteiger partial charge in [-0.15, -0.1) is 0 Å². The van der Waals surface area contributed by atoms with Crippen LogP contribution in [0, 0.1) is 6.92 Å². The Morgan fingerprint density at radius 1 is 1.19 bits per heavy atom. The molecule has 0 radical (unpaired) electrons. The number of ether oxygens (including phenoxy) is 1. The van der Waals surface area contributed by atoms with E-state index in [1.165, 1.54) is 25.3 Å². The van der Waals surface area contributed by atoms with E-state index in [0.29, 0.717) is 17.7 Å². The average molecular weight is 367 g/mol. The van der Waals surface area contributed by atoms with Crippen LogP contribution in [0.25, 0.3) is 11.0 Å².